The van der Waals surface area contributed by atoms with Crippen LogP contribution in [-0.2, 0) is 0 Å². The molecule has 104 valence electrons. The molecular weight excluding hydrogens is 266 g/mol. The number of aromatic amines is 1. The van der Waals surface area contributed by atoms with Gasteiger partial charge < -0.3 is 10.3 Å². The number of hydrogen-bond acceptors (Lipinski definition) is 3. The molecule has 0 aliphatic heterocycles. The van der Waals surface area contributed by atoms with Crippen molar-refractivity contribution in [2.24, 2.45) is 0 Å². The summed E-state index contributed by atoms with van der Waals surface area (Å²) < 4.78 is 0. The number of benzene rings is 2. The minimum Gasteiger partial charge on any atom is -0.321 e. The van der Waals surface area contributed by atoms with Crippen LogP contribution in [-0.4, -0.2) is 15.9 Å². The summed E-state index contributed by atoms with van der Waals surface area (Å²) in [5.74, 6) is -0.400. The lowest BCUT2D eigenvalue weighted by atomic mass is 10.1. The van der Waals surface area contributed by atoms with Gasteiger partial charge in [-0.15, -0.1) is 0 Å². The van der Waals surface area contributed by atoms with E-state index in [1.807, 2.05) is 25.1 Å². The number of amides is 1. The number of fused-ring (bicyclic) bond motifs is 1. The summed E-state index contributed by atoms with van der Waals surface area (Å²) in [5, 5.41) is 3.38. The number of aromatic nitrogens is 2. The highest BCUT2D eigenvalue weighted by atomic mass is 16.2. The predicted molar refractivity (Wildman–Crippen MR) is 81.5 cm³/mol. The molecule has 0 bridgehead atoms. The van der Waals surface area contributed by atoms with Crippen molar-refractivity contribution >= 4 is 22.5 Å². The molecule has 1 heterocycles. The fraction of sp³-hybridized carbons (Fsp3) is 0.0625. The zero-order valence-electron chi connectivity index (χ0n) is 11.4. The summed E-state index contributed by atoms with van der Waals surface area (Å²) in [6.45, 7) is 1.94. The number of rotatable bonds is 2. The molecule has 0 saturated heterocycles. The van der Waals surface area contributed by atoms with Gasteiger partial charge in [-0.2, -0.15) is 4.98 Å². The third-order valence-electron chi connectivity index (χ3n) is 3.13. The van der Waals surface area contributed by atoms with Crippen molar-refractivity contribution in [1.29, 1.82) is 0 Å². The SMILES string of the molecule is Cc1cccc(NC(=O)c2nc(=O)[nH]c3ccccc23)c1. The van der Waals surface area contributed by atoms with E-state index in [4.69, 9.17) is 0 Å². The number of para-hydroxylation sites is 1. The van der Waals surface area contributed by atoms with E-state index >= 15 is 0 Å². The fourth-order valence-corrected chi connectivity index (χ4v) is 2.19. The van der Waals surface area contributed by atoms with Crippen molar-refractivity contribution in [2.75, 3.05) is 5.32 Å². The van der Waals surface area contributed by atoms with E-state index in [1.165, 1.54) is 0 Å². The average Bonchev–Trinajstić information content (AvgIpc) is 2.46. The van der Waals surface area contributed by atoms with Crippen LogP contribution in [0.25, 0.3) is 10.9 Å². The van der Waals surface area contributed by atoms with Crippen molar-refractivity contribution in [3.63, 3.8) is 0 Å². The highest BCUT2D eigenvalue weighted by Gasteiger charge is 2.13. The molecule has 0 aliphatic carbocycles. The van der Waals surface area contributed by atoms with Gasteiger partial charge in [-0.25, -0.2) is 4.79 Å². The first-order valence-corrected chi connectivity index (χ1v) is 6.50. The van der Waals surface area contributed by atoms with Crippen molar-refractivity contribution in [3.8, 4) is 0 Å². The number of carbonyl (C=O) groups is 1. The first-order valence-electron chi connectivity index (χ1n) is 6.50. The second-order valence-electron chi connectivity index (χ2n) is 4.76. The quantitative estimate of drug-likeness (QED) is 0.756. The molecule has 3 aromatic rings. The van der Waals surface area contributed by atoms with E-state index < -0.39 is 11.6 Å². The van der Waals surface area contributed by atoms with Crippen LogP contribution in [0.15, 0.2) is 53.3 Å². The topological polar surface area (TPSA) is 74.8 Å². The van der Waals surface area contributed by atoms with Gasteiger partial charge in [0.25, 0.3) is 5.91 Å². The Kier molecular flexibility index (Phi) is 3.23. The van der Waals surface area contributed by atoms with Gasteiger partial charge in [0.15, 0.2) is 0 Å². The van der Waals surface area contributed by atoms with Crippen molar-refractivity contribution < 1.29 is 4.79 Å². The Balaban J connectivity index is 2.04. The molecule has 0 aliphatic rings. The maximum Gasteiger partial charge on any atom is 0.346 e. The van der Waals surface area contributed by atoms with Gasteiger partial charge in [0, 0.05) is 11.1 Å². The molecule has 1 aromatic heterocycles. The Labute approximate surface area is 120 Å². The molecule has 0 saturated carbocycles. The molecule has 3 rings (SSSR count). The van der Waals surface area contributed by atoms with Crippen LogP contribution in [0.4, 0.5) is 5.69 Å². The van der Waals surface area contributed by atoms with Gasteiger partial charge >= 0.3 is 5.69 Å². The maximum atomic E-state index is 12.4. The van der Waals surface area contributed by atoms with Crippen LogP contribution in [0, 0.1) is 6.92 Å². The smallest absolute Gasteiger partial charge is 0.321 e. The summed E-state index contributed by atoms with van der Waals surface area (Å²) in [7, 11) is 0. The normalized spacial score (nSPS) is 10.5. The summed E-state index contributed by atoms with van der Waals surface area (Å²) in [4.78, 5) is 30.3. The molecule has 0 unspecified atom stereocenters. The van der Waals surface area contributed by atoms with Gasteiger partial charge in [-0.1, -0.05) is 30.3 Å². The predicted octanol–water partition coefficient (Wildman–Crippen LogP) is 2.48. The number of H-pyrrole nitrogens is 1. The zero-order chi connectivity index (χ0) is 14.8. The van der Waals surface area contributed by atoms with Gasteiger partial charge in [0.1, 0.15) is 5.69 Å². The molecule has 2 aromatic carbocycles. The molecule has 1 amide bonds. The Hall–Kier alpha value is -2.95. The van der Waals surface area contributed by atoms with Crippen LogP contribution in [0.3, 0.4) is 0 Å². The Bertz CT molecular complexity index is 884. The van der Waals surface area contributed by atoms with Gasteiger partial charge in [-0.3, -0.25) is 4.79 Å². The minimum absolute atomic E-state index is 0.121. The number of carbonyl (C=O) groups excluding carboxylic acids is 1. The number of anilines is 1. The van der Waals surface area contributed by atoms with E-state index in [9.17, 15) is 9.59 Å². The molecule has 2 N–H and O–H groups in total. The second kappa shape index (κ2) is 5.20. The van der Waals surface area contributed by atoms with Crippen molar-refractivity contribution in [3.05, 3.63) is 70.3 Å². The third-order valence-corrected chi connectivity index (χ3v) is 3.13. The summed E-state index contributed by atoms with van der Waals surface area (Å²) in [5.41, 5.74) is 1.88. The molecule has 0 atom stereocenters. The highest BCUT2D eigenvalue weighted by molar-refractivity contribution is 6.10. The lowest BCUT2D eigenvalue weighted by molar-refractivity contribution is 0.102. The highest BCUT2D eigenvalue weighted by Crippen LogP contribution is 2.15. The van der Waals surface area contributed by atoms with Crippen molar-refractivity contribution in [1.82, 2.24) is 9.97 Å². The lowest BCUT2D eigenvalue weighted by Gasteiger charge is -2.07. The second-order valence-corrected chi connectivity index (χ2v) is 4.76. The Morgan fingerprint density at radius 1 is 1.14 bits per heavy atom. The molecular formula is C16H13N3O2. The summed E-state index contributed by atoms with van der Waals surface area (Å²) >= 11 is 0. The summed E-state index contributed by atoms with van der Waals surface area (Å²) in [6, 6.07) is 14.5. The van der Waals surface area contributed by atoms with Gasteiger partial charge in [0.05, 0.1) is 5.52 Å². The summed E-state index contributed by atoms with van der Waals surface area (Å²) in [6.07, 6.45) is 0. The molecule has 5 nitrogen and oxygen atoms in total. The minimum atomic E-state index is -0.539. The number of nitrogens with zero attached hydrogens (tertiary/aromatic N) is 1. The van der Waals surface area contributed by atoms with Gasteiger partial charge in [0.2, 0.25) is 0 Å². The monoisotopic (exact) mass is 279 g/mol. The number of nitrogens with one attached hydrogen (secondary N) is 2. The lowest BCUT2D eigenvalue weighted by Crippen LogP contribution is -2.21. The first-order chi connectivity index (χ1) is 10.1. The molecule has 0 spiro atoms. The average molecular weight is 279 g/mol. The Morgan fingerprint density at radius 3 is 2.76 bits per heavy atom. The Morgan fingerprint density at radius 2 is 1.95 bits per heavy atom. The molecule has 21 heavy (non-hydrogen) atoms. The number of aryl methyl sites for hydroxylation is 1. The van der Waals surface area contributed by atoms with Crippen LogP contribution in [0.5, 0.6) is 0 Å². The first kappa shape index (κ1) is 13.1. The third kappa shape index (κ3) is 2.67. The van der Waals surface area contributed by atoms with Crippen LogP contribution in [0.1, 0.15) is 16.1 Å². The number of hydrogen-bond donors (Lipinski definition) is 2. The van der Waals surface area contributed by atoms with Crippen LogP contribution >= 0.6 is 0 Å². The standard InChI is InChI=1S/C16H13N3O2/c1-10-5-4-6-11(9-10)17-15(20)14-12-7-2-3-8-13(12)18-16(21)19-14/h2-9H,1H3,(H,17,20)(H,18,19,21). The van der Waals surface area contributed by atoms with Crippen molar-refractivity contribution in [2.45, 2.75) is 6.92 Å². The van der Waals surface area contributed by atoms with E-state index in [2.05, 4.69) is 15.3 Å². The molecule has 0 fully saturated rings. The fourth-order valence-electron chi connectivity index (χ4n) is 2.19. The largest absolute Gasteiger partial charge is 0.346 e. The maximum absolute atomic E-state index is 12.4. The molecule has 0 radical (unpaired) electrons. The van der Waals surface area contributed by atoms with E-state index in [0.717, 1.165) is 5.56 Å². The van der Waals surface area contributed by atoms with Crippen LogP contribution < -0.4 is 11.0 Å². The van der Waals surface area contributed by atoms with E-state index in [0.29, 0.717) is 16.6 Å². The van der Waals surface area contributed by atoms with E-state index in [-0.39, 0.29) is 5.69 Å². The molecule has 5 heteroatoms. The van der Waals surface area contributed by atoms with E-state index in [1.54, 1.807) is 30.3 Å². The zero-order valence-corrected chi connectivity index (χ0v) is 11.4. The van der Waals surface area contributed by atoms with Crippen LogP contribution in [0.2, 0.25) is 0 Å². The van der Waals surface area contributed by atoms with Gasteiger partial charge in [-0.05, 0) is 30.7 Å².